The van der Waals surface area contributed by atoms with Crippen molar-refractivity contribution in [3.63, 3.8) is 0 Å². The van der Waals surface area contributed by atoms with Gasteiger partial charge in [0.1, 0.15) is 0 Å². The Labute approximate surface area is 163 Å². The minimum absolute atomic E-state index is 0.0613. The molecular formula is C23H36FNO2. The highest BCUT2D eigenvalue weighted by molar-refractivity contribution is 5.88. The Balaban J connectivity index is 1.70. The van der Waals surface area contributed by atoms with Crippen LogP contribution in [0.3, 0.4) is 0 Å². The van der Waals surface area contributed by atoms with Gasteiger partial charge in [0, 0.05) is 11.8 Å². The average Bonchev–Trinajstić information content (AvgIpc) is 3.06. The van der Waals surface area contributed by atoms with E-state index in [4.69, 9.17) is 4.74 Å². The quantitative estimate of drug-likeness (QED) is 0.313. The maximum Gasteiger partial charge on any atom is 0.357 e. The fourth-order valence-electron chi connectivity index (χ4n) is 3.92. The van der Waals surface area contributed by atoms with Gasteiger partial charge in [-0.25, -0.2) is 9.18 Å². The van der Waals surface area contributed by atoms with Crippen LogP contribution in [0.4, 0.5) is 4.39 Å². The van der Waals surface area contributed by atoms with Crippen molar-refractivity contribution in [3.05, 3.63) is 29.3 Å². The third kappa shape index (κ3) is 7.15. The molecule has 2 rings (SSSR count). The summed E-state index contributed by atoms with van der Waals surface area (Å²) in [6, 6.07) is 1.43. The molecule has 0 aromatic carbocycles. The number of ether oxygens (including phenoxy) is 1. The molecule has 3 nitrogen and oxygen atoms in total. The first-order valence-electron chi connectivity index (χ1n) is 10.9. The summed E-state index contributed by atoms with van der Waals surface area (Å²) in [5.74, 6) is -0.395. The van der Waals surface area contributed by atoms with Gasteiger partial charge >= 0.3 is 5.97 Å². The molecule has 0 amide bonds. The lowest BCUT2D eigenvalue weighted by atomic mass is 9.85. The zero-order valence-electron chi connectivity index (χ0n) is 17.1. The number of hydrogen-bond acceptors (Lipinski definition) is 2. The molecule has 1 aliphatic rings. The summed E-state index contributed by atoms with van der Waals surface area (Å²) >= 11 is 0. The van der Waals surface area contributed by atoms with Crippen molar-refractivity contribution >= 4 is 11.5 Å². The van der Waals surface area contributed by atoms with Gasteiger partial charge in [-0.2, -0.15) is 0 Å². The summed E-state index contributed by atoms with van der Waals surface area (Å²) in [5.41, 5.74) is 1.78. The highest BCUT2D eigenvalue weighted by Gasteiger charge is 2.21. The van der Waals surface area contributed by atoms with Crippen LogP contribution >= 0.6 is 0 Å². The molecule has 27 heavy (non-hydrogen) atoms. The molecule has 0 aliphatic heterocycles. The Kier molecular flexibility index (Phi) is 9.65. The lowest BCUT2D eigenvalue weighted by molar-refractivity contribution is 0.0515. The number of rotatable bonds is 12. The first-order chi connectivity index (χ1) is 13.2. The van der Waals surface area contributed by atoms with E-state index in [9.17, 15) is 9.18 Å². The summed E-state index contributed by atoms with van der Waals surface area (Å²) in [5, 5.41) is 0. The van der Waals surface area contributed by atoms with E-state index in [0.717, 1.165) is 36.4 Å². The second-order valence-electron chi connectivity index (χ2n) is 7.76. The van der Waals surface area contributed by atoms with Crippen LogP contribution in [0.15, 0.2) is 12.1 Å². The topological polar surface area (TPSA) is 42.1 Å². The predicted octanol–water partition coefficient (Wildman–Crippen LogP) is 7.04. The van der Waals surface area contributed by atoms with Crippen molar-refractivity contribution in [1.29, 1.82) is 0 Å². The van der Waals surface area contributed by atoms with Crippen molar-refractivity contribution in [2.24, 2.45) is 5.92 Å². The molecule has 0 radical (unpaired) electrons. The van der Waals surface area contributed by atoms with E-state index < -0.39 is 11.8 Å². The monoisotopic (exact) mass is 377 g/mol. The molecule has 0 fully saturated rings. The number of esters is 1. The molecule has 4 heteroatoms. The molecule has 0 saturated carbocycles. The number of halogens is 1. The summed E-state index contributed by atoms with van der Waals surface area (Å²) in [6.07, 6.45) is 17.6. The number of allylic oxidation sites excluding steroid dienone is 2. The zero-order chi connectivity index (χ0) is 19.5. The van der Waals surface area contributed by atoms with Crippen LogP contribution in [0.1, 0.15) is 107 Å². The third-order valence-corrected chi connectivity index (χ3v) is 5.58. The molecule has 1 heterocycles. The van der Waals surface area contributed by atoms with E-state index in [0.29, 0.717) is 0 Å². The number of carbonyl (C=O) groups excluding carboxylic acids is 1. The van der Waals surface area contributed by atoms with Gasteiger partial charge < -0.3 is 9.72 Å². The third-order valence-electron chi connectivity index (χ3n) is 5.58. The predicted molar refractivity (Wildman–Crippen MR) is 109 cm³/mol. The largest absolute Gasteiger partial charge is 0.461 e. The number of carbonyl (C=O) groups is 1. The molecule has 1 atom stereocenters. The minimum atomic E-state index is -0.620. The smallest absolute Gasteiger partial charge is 0.357 e. The van der Waals surface area contributed by atoms with E-state index in [-0.39, 0.29) is 12.3 Å². The summed E-state index contributed by atoms with van der Waals surface area (Å²) < 4.78 is 18.9. The molecular weight excluding hydrogens is 341 g/mol. The Morgan fingerprint density at radius 1 is 1.15 bits per heavy atom. The second kappa shape index (κ2) is 12.0. The molecule has 1 N–H and O–H groups in total. The van der Waals surface area contributed by atoms with Crippen LogP contribution in [-0.4, -0.2) is 17.6 Å². The van der Waals surface area contributed by atoms with Gasteiger partial charge in [0.05, 0.1) is 6.61 Å². The van der Waals surface area contributed by atoms with Crippen LogP contribution in [0.25, 0.3) is 5.57 Å². The van der Waals surface area contributed by atoms with E-state index in [2.05, 4.69) is 18.0 Å². The SMILES string of the molecule is CCCCCCCCCCC1CC=C(c2cc(F)c(C(=O)OCC)[nH]2)CC1. The lowest BCUT2D eigenvalue weighted by Gasteiger charge is -2.21. The lowest BCUT2D eigenvalue weighted by Crippen LogP contribution is -2.08. The molecule has 1 aromatic rings. The van der Waals surface area contributed by atoms with Crippen molar-refractivity contribution < 1.29 is 13.9 Å². The fraction of sp³-hybridized carbons (Fsp3) is 0.696. The van der Waals surface area contributed by atoms with Crippen LogP contribution in [0, 0.1) is 11.7 Å². The molecule has 0 spiro atoms. The minimum Gasteiger partial charge on any atom is -0.461 e. The maximum absolute atomic E-state index is 14.0. The van der Waals surface area contributed by atoms with Crippen molar-refractivity contribution in [1.82, 2.24) is 4.98 Å². The Hall–Kier alpha value is -1.58. The molecule has 0 saturated heterocycles. The Bertz CT molecular complexity index is 606. The van der Waals surface area contributed by atoms with Gasteiger partial charge in [-0.05, 0) is 37.7 Å². The Morgan fingerprint density at radius 2 is 1.85 bits per heavy atom. The van der Waals surface area contributed by atoms with Crippen LogP contribution < -0.4 is 0 Å². The summed E-state index contributed by atoms with van der Waals surface area (Å²) in [7, 11) is 0. The molecule has 1 aromatic heterocycles. The van der Waals surface area contributed by atoms with E-state index in [1.165, 1.54) is 63.9 Å². The number of nitrogens with one attached hydrogen (secondary N) is 1. The molecule has 1 unspecified atom stereocenters. The van der Waals surface area contributed by atoms with Crippen LogP contribution in [0.2, 0.25) is 0 Å². The first-order valence-corrected chi connectivity index (χ1v) is 10.9. The van der Waals surface area contributed by atoms with Crippen LogP contribution in [0.5, 0.6) is 0 Å². The summed E-state index contributed by atoms with van der Waals surface area (Å²) in [6.45, 7) is 4.22. The van der Waals surface area contributed by atoms with E-state index in [1.807, 2.05) is 0 Å². The average molecular weight is 378 g/mol. The van der Waals surface area contributed by atoms with Crippen molar-refractivity contribution in [2.45, 2.75) is 90.9 Å². The van der Waals surface area contributed by atoms with Gasteiger partial charge in [0.2, 0.25) is 0 Å². The first kappa shape index (κ1) is 21.7. The number of unbranched alkanes of at least 4 members (excludes halogenated alkanes) is 7. The number of aromatic amines is 1. The number of H-pyrrole nitrogens is 1. The van der Waals surface area contributed by atoms with Gasteiger partial charge in [0.15, 0.2) is 11.5 Å². The molecule has 0 bridgehead atoms. The number of hydrogen-bond donors (Lipinski definition) is 1. The van der Waals surface area contributed by atoms with E-state index in [1.54, 1.807) is 6.92 Å². The molecule has 1 aliphatic carbocycles. The molecule has 152 valence electrons. The second-order valence-corrected chi connectivity index (χ2v) is 7.76. The van der Waals surface area contributed by atoms with Crippen molar-refractivity contribution in [3.8, 4) is 0 Å². The summed E-state index contributed by atoms with van der Waals surface area (Å²) in [4.78, 5) is 14.7. The normalized spacial score (nSPS) is 17.0. The zero-order valence-corrected chi connectivity index (χ0v) is 17.1. The van der Waals surface area contributed by atoms with Crippen LogP contribution in [-0.2, 0) is 4.74 Å². The van der Waals surface area contributed by atoms with Gasteiger partial charge in [0.25, 0.3) is 0 Å². The highest BCUT2D eigenvalue weighted by atomic mass is 19.1. The highest BCUT2D eigenvalue weighted by Crippen LogP contribution is 2.33. The van der Waals surface area contributed by atoms with Gasteiger partial charge in [-0.15, -0.1) is 0 Å². The van der Waals surface area contributed by atoms with Gasteiger partial charge in [-0.3, -0.25) is 0 Å². The Morgan fingerprint density at radius 3 is 2.48 bits per heavy atom. The van der Waals surface area contributed by atoms with Crippen molar-refractivity contribution in [2.75, 3.05) is 6.61 Å². The maximum atomic E-state index is 14.0. The van der Waals surface area contributed by atoms with E-state index >= 15 is 0 Å². The van der Waals surface area contributed by atoms with Gasteiger partial charge in [-0.1, -0.05) is 70.8 Å². The standard InChI is InChI=1S/C23H36FNO2/c1-3-5-6-7-8-9-10-11-12-18-13-15-19(16-14-18)21-17-20(24)22(25-21)23(26)27-4-2/h15,17-18,25H,3-14,16H2,1-2H3. The fourth-order valence-corrected chi connectivity index (χ4v) is 3.92. The number of aromatic nitrogens is 1.